The van der Waals surface area contributed by atoms with Gasteiger partial charge in [-0.15, -0.1) is 0 Å². The zero-order valence-corrected chi connectivity index (χ0v) is 18.5. The fourth-order valence-corrected chi connectivity index (χ4v) is 3.21. The van der Waals surface area contributed by atoms with Crippen LogP contribution >= 0.6 is 0 Å². The quantitative estimate of drug-likeness (QED) is 0.458. The van der Waals surface area contributed by atoms with Crippen LogP contribution in [0.4, 0.5) is 4.79 Å². The number of nitrogens with two attached hydrogens (primary N) is 1. The highest BCUT2D eigenvalue weighted by Crippen LogP contribution is 2.11. The van der Waals surface area contributed by atoms with Crippen LogP contribution in [0.15, 0.2) is 60.8 Å². The van der Waals surface area contributed by atoms with Crippen LogP contribution in [-0.4, -0.2) is 40.0 Å². The number of hydrogen-bond acceptors (Lipinski definition) is 6. The number of hydrogen-bond donors (Lipinski definition) is 3. The van der Waals surface area contributed by atoms with Gasteiger partial charge in [0.2, 0.25) is 11.8 Å². The number of carbonyl (C=O) groups is 3. The third kappa shape index (κ3) is 6.73. The van der Waals surface area contributed by atoms with Crippen molar-refractivity contribution in [2.75, 3.05) is 0 Å². The van der Waals surface area contributed by atoms with Gasteiger partial charge in [0.1, 0.15) is 18.7 Å². The molecule has 2 atom stereocenters. The number of carbonyl (C=O) groups excluding carboxylic acids is 3. The van der Waals surface area contributed by atoms with E-state index in [1.54, 1.807) is 20.0 Å². The summed E-state index contributed by atoms with van der Waals surface area (Å²) in [6, 6.07) is 14.6. The Morgan fingerprint density at radius 1 is 0.970 bits per heavy atom. The molecule has 0 aliphatic heterocycles. The van der Waals surface area contributed by atoms with Crippen molar-refractivity contribution in [3.63, 3.8) is 0 Å². The summed E-state index contributed by atoms with van der Waals surface area (Å²) in [4.78, 5) is 46.0. The van der Waals surface area contributed by atoms with Crippen molar-refractivity contribution in [1.29, 1.82) is 0 Å². The topological polar surface area (TPSA) is 136 Å². The highest BCUT2D eigenvalue weighted by molar-refractivity contribution is 5.91. The molecule has 0 aliphatic rings. The maximum atomic E-state index is 12.9. The first-order valence-electron chi connectivity index (χ1n) is 10.6. The van der Waals surface area contributed by atoms with E-state index in [2.05, 4.69) is 20.6 Å². The molecule has 4 N–H and O–H groups in total. The van der Waals surface area contributed by atoms with Crippen molar-refractivity contribution < 1.29 is 19.1 Å². The maximum Gasteiger partial charge on any atom is 0.408 e. The van der Waals surface area contributed by atoms with Gasteiger partial charge in [-0.1, -0.05) is 56.3 Å². The first-order chi connectivity index (χ1) is 15.8. The van der Waals surface area contributed by atoms with Gasteiger partial charge >= 0.3 is 6.09 Å². The Morgan fingerprint density at radius 2 is 1.64 bits per heavy atom. The molecule has 0 spiro atoms. The van der Waals surface area contributed by atoms with Gasteiger partial charge < -0.3 is 21.1 Å². The van der Waals surface area contributed by atoms with E-state index < -0.39 is 30.0 Å². The third-order valence-electron chi connectivity index (χ3n) is 5.01. The van der Waals surface area contributed by atoms with Crippen LogP contribution in [-0.2, 0) is 27.4 Å². The van der Waals surface area contributed by atoms with Crippen molar-refractivity contribution in [2.24, 2.45) is 11.7 Å². The average Bonchev–Trinajstić information content (AvgIpc) is 2.81. The normalized spacial score (nSPS) is 12.7. The number of alkyl carbamates (subject to hydrolysis) is 1. The van der Waals surface area contributed by atoms with E-state index in [1.165, 1.54) is 0 Å². The van der Waals surface area contributed by atoms with Crippen LogP contribution in [0.2, 0.25) is 0 Å². The largest absolute Gasteiger partial charge is 0.445 e. The summed E-state index contributed by atoms with van der Waals surface area (Å²) in [7, 11) is 0. The van der Waals surface area contributed by atoms with Crippen LogP contribution in [0.1, 0.15) is 25.1 Å². The molecule has 33 heavy (non-hydrogen) atoms. The number of benzene rings is 2. The summed E-state index contributed by atoms with van der Waals surface area (Å²) < 4.78 is 5.21. The van der Waals surface area contributed by atoms with Gasteiger partial charge in [-0.05, 0) is 23.6 Å². The van der Waals surface area contributed by atoms with Gasteiger partial charge in [0.05, 0.1) is 16.7 Å². The molecule has 3 aromatic rings. The molecule has 0 fully saturated rings. The van der Waals surface area contributed by atoms with Gasteiger partial charge in [0.25, 0.3) is 0 Å². The second-order valence-electron chi connectivity index (χ2n) is 7.95. The maximum absolute atomic E-state index is 12.9. The molecule has 1 aromatic heterocycles. The second kappa shape index (κ2) is 11.0. The molecular formula is C24H27N5O4. The number of rotatable bonds is 9. The lowest BCUT2D eigenvalue weighted by atomic mass is 10.0. The van der Waals surface area contributed by atoms with Gasteiger partial charge in [-0.3, -0.25) is 14.6 Å². The number of ether oxygens (including phenoxy) is 1. The summed E-state index contributed by atoms with van der Waals surface area (Å²) >= 11 is 0. The van der Waals surface area contributed by atoms with Crippen molar-refractivity contribution in [2.45, 2.75) is 39.0 Å². The van der Waals surface area contributed by atoms with Crippen molar-refractivity contribution in [3.05, 3.63) is 72.1 Å². The summed E-state index contributed by atoms with van der Waals surface area (Å²) in [6.45, 7) is 3.62. The van der Waals surface area contributed by atoms with E-state index >= 15 is 0 Å². The van der Waals surface area contributed by atoms with Crippen LogP contribution in [0.5, 0.6) is 0 Å². The molecule has 0 radical (unpaired) electrons. The standard InChI is InChI=1S/C24H27N5O4/c1-15(2)21(29-24(32)33-14-16-8-4-3-5-9-16)23(31)28-20(22(25)30)12-17-13-26-18-10-6-7-11-19(18)27-17/h3-11,13,15,20-21H,12,14H2,1-2H3,(H2,25,30)(H,28,31)(H,29,32)/t20-,21+/m0/s1. The predicted molar refractivity (Wildman–Crippen MR) is 123 cm³/mol. The predicted octanol–water partition coefficient (Wildman–Crippen LogP) is 2.09. The average molecular weight is 450 g/mol. The smallest absolute Gasteiger partial charge is 0.408 e. The van der Waals surface area contributed by atoms with E-state index in [0.717, 1.165) is 11.1 Å². The first kappa shape index (κ1) is 23.6. The van der Waals surface area contributed by atoms with E-state index in [9.17, 15) is 14.4 Å². The molecule has 1 heterocycles. The molecule has 9 heteroatoms. The number of primary amides is 1. The third-order valence-corrected chi connectivity index (χ3v) is 5.01. The lowest BCUT2D eigenvalue weighted by Crippen LogP contribution is -2.55. The fourth-order valence-electron chi connectivity index (χ4n) is 3.21. The van der Waals surface area contributed by atoms with E-state index in [0.29, 0.717) is 11.2 Å². The monoisotopic (exact) mass is 449 g/mol. The SMILES string of the molecule is CC(C)[C@@H](NC(=O)OCc1ccccc1)C(=O)N[C@@H](Cc1cnc2ccccc2n1)C(N)=O. The van der Waals surface area contributed by atoms with Crippen LogP contribution in [0.25, 0.3) is 11.0 Å². The Balaban J connectivity index is 1.63. The molecule has 0 aliphatic carbocycles. The Morgan fingerprint density at radius 3 is 2.30 bits per heavy atom. The number of fused-ring (bicyclic) bond motifs is 1. The summed E-state index contributed by atoms with van der Waals surface area (Å²) in [5.74, 6) is -1.52. The zero-order valence-electron chi connectivity index (χ0n) is 18.5. The minimum Gasteiger partial charge on any atom is -0.445 e. The van der Waals surface area contributed by atoms with Gasteiger partial charge in [-0.25, -0.2) is 9.78 Å². The van der Waals surface area contributed by atoms with Gasteiger partial charge in [0.15, 0.2) is 0 Å². The summed E-state index contributed by atoms with van der Waals surface area (Å²) in [6.07, 6.45) is 0.884. The minimum atomic E-state index is -1.02. The van der Waals surface area contributed by atoms with Gasteiger partial charge in [-0.2, -0.15) is 0 Å². The van der Waals surface area contributed by atoms with Crippen LogP contribution in [0.3, 0.4) is 0 Å². The zero-order chi connectivity index (χ0) is 23.8. The number of amides is 3. The van der Waals surface area contributed by atoms with Crippen molar-refractivity contribution in [1.82, 2.24) is 20.6 Å². The van der Waals surface area contributed by atoms with Crippen LogP contribution in [0, 0.1) is 5.92 Å². The van der Waals surface area contributed by atoms with Gasteiger partial charge in [0, 0.05) is 12.6 Å². The lowest BCUT2D eigenvalue weighted by molar-refractivity contribution is -0.129. The minimum absolute atomic E-state index is 0.0716. The Bertz CT molecular complexity index is 1120. The summed E-state index contributed by atoms with van der Waals surface area (Å²) in [5, 5.41) is 5.19. The van der Waals surface area contributed by atoms with E-state index in [1.807, 2.05) is 54.6 Å². The summed E-state index contributed by atoms with van der Waals surface area (Å²) in [5.41, 5.74) is 8.25. The molecule has 0 bridgehead atoms. The van der Waals surface area contributed by atoms with Crippen molar-refractivity contribution >= 4 is 28.9 Å². The number of nitrogens with one attached hydrogen (secondary N) is 2. The molecule has 3 rings (SSSR count). The molecular weight excluding hydrogens is 422 g/mol. The molecule has 3 amide bonds. The number of aromatic nitrogens is 2. The molecule has 172 valence electrons. The van der Waals surface area contributed by atoms with Crippen LogP contribution < -0.4 is 16.4 Å². The van der Waals surface area contributed by atoms with Crippen molar-refractivity contribution in [3.8, 4) is 0 Å². The highest BCUT2D eigenvalue weighted by Gasteiger charge is 2.29. The fraction of sp³-hybridized carbons (Fsp3) is 0.292. The molecule has 0 saturated heterocycles. The highest BCUT2D eigenvalue weighted by atomic mass is 16.5. The lowest BCUT2D eigenvalue weighted by Gasteiger charge is -2.24. The molecule has 0 saturated carbocycles. The first-order valence-corrected chi connectivity index (χ1v) is 10.6. The molecule has 2 aromatic carbocycles. The second-order valence-corrected chi connectivity index (χ2v) is 7.95. The Kier molecular flexibility index (Phi) is 7.91. The molecule has 9 nitrogen and oxygen atoms in total. The number of nitrogens with zero attached hydrogens (tertiary/aromatic N) is 2. The Labute approximate surface area is 191 Å². The Hall–Kier alpha value is -4.01. The van der Waals surface area contributed by atoms with E-state index in [4.69, 9.17) is 10.5 Å². The van der Waals surface area contributed by atoms with E-state index in [-0.39, 0.29) is 18.9 Å². The number of para-hydroxylation sites is 2. The molecule has 0 unspecified atom stereocenters.